The summed E-state index contributed by atoms with van der Waals surface area (Å²) in [6, 6.07) is 25.2. The van der Waals surface area contributed by atoms with E-state index in [1.807, 2.05) is 36.4 Å². The Hall–Kier alpha value is -1.78. The molecule has 5 heteroatoms. The van der Waals surface area contributed by atoms with Gasteiger partial charge in [-0.2, -0.15) is 0 Å². The molecule has 3 aromatic rings. The van der Waals surface area contributed by atoms with Crippen molar-refractivity contribution in [1.82, 2.24) is 0 Å². The van der Waals surface area contributed by atoms with Crippen molar-refractivity contribution in [3.05, 3.63) is 72.8 Å². The molecular formula is C21H22IO3P. The molecule has 3 aromatic carbocycles. The molecule has 0 heterocycles. The molecule has 0 N–H and O–H groups in total. The maximum absolute atomic E-state index is 5.33. The number of ether oxygens (including phenoxy) is 3. The van der Waals surface area contributed by atoms with Crippen LogP contribution in [0.15, 0.2) is 72.8 Å². The Bertz CT molecular complexity index is 730. The van der Waals surface area contributed by atoms with Gasteiger partial charge in [-0.25, -0.2) is 0 Å². The van der Waals surface area contributed by atoms with Crippen molar-refractivity contribution in [3.63, 3.8) is 0 Å². The molecule has 0 spiro atoms. The van der Waals surface area contributed by atoms with Crippen molar-refractivity contribution in [2.45, 2.75) is 0 Å². The minimum atomic E-state index is -2.18. The summed E-state index contributed by atoms with van der Waals surface area (Å²) < 4.78 is 16.0. The third kappa shape index (κ3) is 3.67. The van der Waals surface area contributed by atoms with Gasteiger partial charge in [0.1, 0.15) is 0 Å². The second kappa shape index (κ2) is 8.28. The van der Waals surface area contributed by atoms with Gasteiger partial charge in [-0.1, -0.05) is 0 Å². The molecule has 0 atom stereocenters. The van der Waals surface area contributed by atoms with E-state index in [9.17, 15) is 0 Å². The summed E-state index contributed by atoms with van der Waals surface area (Å²) >= 11 is 2.66. The van der Waals surface area contributed by atoms with Gasteiger partial charge in [-0.05, 0) is 0 Å². The van der Waals surface area contributed by atoms with Crippen LogP contribution in [0, 0.1) is 0 Å². The van der Waals surface area contributed by atoms with E-state index >= 15 is 0 Å². The van der Waals surface area contributed by atoms with Gasteiger partial charge < -0.3 is 0 Å². The summed E-state index contributed by atoms with van der Waals surface area (Å²) in [4.78, 5) is -2.18. The van der Waals surface area contributed by atoms with Gasteiger partial charge in [0, 0.05) is 0 Å². The van der Waals surface area contributed by atoms with Gasteiger partial charge >= 0.3 is 168 Å². The topological polar surface area (TPSA) is 27.7 Å². The van der Waals surface area contributed by atoms with E-state index in [4.69, 9.17) is 14.2 Å². The molecule has 3 nitrogen and oxygen atoms in total. The van der Waals surface area contributed by atoms with E-state index in [1.54, 1.807) is 21.3 Å². The first-order valence-electron chi connectivity index (χ1n) is 8.24. The van der Waals surface area contributed by atoms with Crippen LogP contribution in [0.2, 0.25) is 0 Å². The van der Waals surface area contributed by atoms with Crippen molar-refractivity contribution < 1.29 is 14.2 Å². The molecule has 0 saturated heterocycles. The van der Waals surface area contributed by atoms with Crippen molar-refractivity contribution >= 4 is 42.9 Å². The van der Waals surface area contributed by atoms with Crippen molar-refractivity contribution in [2.75, 3.05) is 21.3 Å². The Morgan fingerprint density at radius 1 is 0.500 bits per heavy atom. The summed E-state index contributed by atoms with van der Waals surface area (Å²) in [6.45, 7) is 0. The Labute approximate surface area is 168 Å². The van der Waals surface area contributed by atoms with Crippen LogP contribution in [-0.2, 0) is 0 Å². The van der Waals surface area contributed by atoms with Crippen molar-refractivity contribution in [2.24, 2.45) is 0 Å². The zero-order chi connectivity index (χ0) is 18.6. The standard InChI is InChI=1S/C21H22IO3P/c1-23-16-4-10-19(11-5-16)26(22,20-12-6-17(24-2)7-13-20)21-14-8-18(25-3)9-15-21/h4-15,26H,1-3H3. The molecule has 0 bridgehead atoms. The zero-order valence-electron chi connectivity index (χ0n) is 15.0. The van der Waals surface area contributed by atoms with E-state index in [1.165, 1.54) is 15.9 Å². The van der Waals surface area contributed by atoms with Crippen LogP contribution in [0.25, 0.3) is 0 Å². The number of halogens is 1. The van der Waals surface area contributed by atoms with Crippen LogP contribution >= 0.6 is 26.9 Å². The van der Waals surface area contributed by atoms with Gasteiger partial charge in [0.25, 0.3) is 0 Å². The molecule has 0 amide bonds. The number of methoxy groups -OCH3 is 3. The van der Waals surface area contributed by atoms with Gasteiger partial charge in [0.05, 0.1) is 0 Å². The Morgan fingerprint density at radius 3 is 0.923 bits per heavy atom. The maximum atomic E-state index is 5.33. The number of hydrogen-bond acceptors (Lipinski definition) is 3. The minimum absolute atomic E-state index is 0.867. The number of hydrogen-bond donors (Lipinski definition) is 0. The summed E-state index contributed by atoms with van der Waals surface area (Å²) in [6.07, 6.45) is 0. The van der Waals surface area contributed by atoms with E-state index in [0.717, 1.165) is 17.2 Å². The molecule has 0 fully saturated rings. The zero-order valence-corrected chi connectivity index (χ0v) is 18.2. The molecule has 26 heavy (non-hydrogen) atoms. The van der Waals surface area contributed by atoms with Gasteiger partial charge in [0.15, 0.2) is 0 Å². The third-order valence-electron chi connectivity index (χ3n) is 4.46. The Kier molecular flexibility index (Phi) is 6.05. The molecule has 136 valence electrons. The molecule has 0 saturated carbocycles. The molecular weight excluding hydrogens is 458 g/mol. The molecule has 3 rings (SSSR count). The second-order valence-corrected chi connectivity index (χ2v) is 13.7. The molecule has 0 unspecified atom stereocenters. The first kappa shape index (κ1) is 19.0. The van der Waals surface area contributed by atoms with Gasteiger partial charge in [0.2, 0.25) is 0 Å². The molecule has 0 aliphatic rings. The quantitative estimate of drug-likeness (QED) is 0.393. The summed E-state index contributed by atoms with van der Waals surface area (Å²) in [5.74, 6) is 2.60. The van der Waals surface area contributed by atoms with Crippen molar-refractivity contribution in [1.29, 1.82) is 0 Å². The van der Waals surface area contributed by atoms with E-state index in [-0.39, 0.29) is 0 Å². The molecule has 0 radical (unpaired) electrons. The Balaban J connectivity index is 2.15. The summed E-state index contributed by atoms with van der Waals surface area (Å²) in [5.41, 5.74) is 0. The van der Waals surface area contributed by atoms with Crippen LogP contribution in [0.4, 0.5) is 0 Å². The predicted molar refractivity (Wildman–Crippen MR) is 120 cm³/mol. The average Bonchev–Trinajstić information content (AvgIpc) is 2.73. The average molecular weight is 480 g/mol. The van der Waals surface area contributed by atoms with Gasteiger partial charge in [-0.15, -0.1) is 0 Å². The normalized spacial score (nSPS) is 11.7. The third-order valence-corrected chi connectivity index (χ3v) is 13.5. The summed E-state index contributed by atoms with van der Waals surface area (Å²) in [7, 11) is 5.07. The molecule has 0 aromatic heterocycles. The fourth-order valence-corrected chi connectivity index (χ4v) is 9.08. The van der Waals surface area contributed by atoms with E-state index < -0.39 is 4.90 Å². The van der Waals surface area contributed by atoms with E-state index in [2.05, 4.69) is 58.4 Å². The fourth-order valence-electron chi connectivity index (χ4n) is 2.96. The van der Waals surface area contributed by atoms with Crippen LogP contribution in [0.1, 0.15) is 0 Å². The van der Waals surface area contributed by atoms with E-state index in [0.29, 0.717) is 0 Å². The summed E-state index contributed by atoms with van der Waals surface area (Å²) in [5, 5.41) is 3.94. The first-order chi connectivity index (χ1) is 12.6. The van der Waals surface area contributed by atoms with Crippen molar-refractivity contribution in [3.8, 4) is 17.2 Å². The first-order valence-corrected chi connectivity index (χ1v) is 13.4. The van der Waals surface area contributed by atoms with Crippen LogP contribution < -0.4 is 30.1 Å². The Morgan fingerprint density at radius 2 is 0.731 bits per heavy atom. The van der Waals surface area contributed by atoms with Gasteiger partial charge in [-0.3, -0.25) is 0 Å². The molecule has 0 aliphatic carbocycles. The van der Waals surface area contributed by atoms with Crippen LogP contribution in [-0.4, -0.2) is 21.3 Å². The fraction of sp³-hybridized carbons (Fsp3) is 0.143. The van der Waals surface area contributed by atoms with Crippen LogP contribution in [0.3, 0.4) is 0 Å². The number of rotatable bonds is 6. The predicted octanol–water partition coefficient (Wildman–Crippen LogP) is 4.09. The monoisotopic (exact) mass is 480 g/mol. The SMILES string of the molecule is COc1ccc([PH](I)(c2ccc(OC)cc2)c2ccc(OC)cc2)cc1. The number of benzene rings is 3. The molecule has 0 aliphatic heterocycles. The van der Waals surface area contributed by atoms with Crippen LogP contribution in [0.5, 0.6) is 17.2 Å². The second-order valence-electron chi connectivity index (χ2n) is 5.84.